The molecular weight excluding hydrogens is 328 g/mol. The summed E-state index contributed by atoms with van der Waals surface area (Å²) < 4.78 is 5.28. The van der Waals surface area contributed by atoms with Gasteiger partial charge in [0.25, 0.3) is 0 Å². The fourth-order valence-electron chi connectivity index (χ4n) is 2.69. The van der Waals surface area contributed by atoms with Crippen LogP contribution < -0.4 is 4.74 Å². The molecule has 1 aliphatic carbocycles. The Hall–Kier alpha value is -2.17. The second-order valence-corrected chi connectivity index (χ2v) is 6.78. The monoisotopic (exact) mass is 340 g/mol. The van der Waals surface area contributed by atoms with E-state index in [2.05, 4.69) is 22.1 Å². The van der Waals surface area contributed by atoms with Gasteiger partial charge in [-0.25, -0.2) is 9.98 Å². The van der Waals surface area contributed by atoms with Gasteiger partial charge in [0.1, 0.15) is 5.75 Å². The van der Waals surface area contributed by atoms with E-state index in [-0.39, 0.29) is 0 Å². The van der Waals surface area contributed by atoms with Gasteiger partial charge >= 0.3 is 0 Å². The summed E-state index contributed by atoms with van der Waals surface area (Å²) in [5.41, 5.74) is 4.47. The largest absolute Gasteiger partial charge is 0.497 e. The highest BCUT2D eigenvalue weighted by molar-refractivity contribution is 7.15. The minimum Gasteiger partial charge on any atom is -0.497 e. The van der Waals surface area contributed by atoms with Crippen molar-refractivity contribution in [2.45, 2.75) is 6.42 Å². The number of methoxy groups -OCH3 is 1. The molecule has 4 rings (SSSR count). The Morgan fingerprint density at radius 1 is 1.26 bits per heavy atom. The van der Waals surface area contributed by atoms with Crippen LogP contribution in [-0.4, -0.2) is 18.3 Å². The zero-order chi connectivity index (χ0) is 15.8. The zero-order valence-electron chi connectivity index (χ0n) is 12.4. The minimum absolute atomic E-state index is 0.707. The van der Waals surface area contributed by atoms with E-state index >= 15 is 0 Å². The summed E-state index contributed by atoms with van der Waals surface area (Å²) in [6.07, 6.45) is 2.70. The van der Waals surface area contributed by atoms with Crippen molar-refractivity contribution in [3.8, 4) is 17.0 Å². The van der Waals surface area contributed by atoms with Gasteiger partial charge < -0.3 is 4.74 Å². The summed E-state index contributed by atoms with van der Waals surface area (Å²) in [4.78, 5) is 10.4. The van der Waals surface area contributed by atoms with E-state index in [9.17, 15) is 0 Å². The fourth-order valence-corrected chi connectivity index (χ4v) is 3.83. The molecule has 23 heavy (non-hydrogen) atoms. The van der Waals surface area contributed by atoms with Gasteiger partial charge in [-0.3, -0.25) is 0 Å². The fraction of sp³-hybridized carbons (Fsp3) is 0.111. The van der Waals surface area contributed by atoms with Crippen molar-refractivity contribution in [2.24, 2.45) is 4.99 Å². The zero-order valence-corrected chi connectivity index (χ0v) is 14.0. The van der Waals surface area contributed by atoms with Crippen molar-refractivity contribution in [1.82, 2.24) is 4.98 Å². The maximum Gasteiger partial charge on any atom is 0.209 e. The Labute approximate surface area is 143 Å². The highest BCUT2D eigenvalue weighted by Crippen LogP contribution is 2.42. The van der Waals surface area contributed by atoms with Crippen LogP contribution in [0.15, 0.2) is 47.5 Å². The molecule has 114 valence electrons. The number of nitrogens with zero attached hydrogens (tertiary/aromatic N) is 2. The van der Waals surface area contributed by atoms with Crippen LogP contribution in [0.2, 0.25) is 5.02 Å². The summed E-state index contributed by atoms with van der Waals surface area (Å²) in [7, 11) is 1.69. The van der Waals surface area contributed by atoms with Crippen LogP contribution >= 0.6 is 22.9 Å². The Bertz CT molecular complexity index is 917. The molecule has 0 unspecified atom stereocenters. The van der Waals surface area contributed by atoms with Gasteiger partial charge in [0, 0.05) is 28.1 Å². The van der Waals surface area contributed by atoms with Crippen LogP contribution in [0.4, 0.5) is 5.13 Å². The molecule has 1 aliphatic rings. The van der Waals surface area contributed by atoms with Crippen LogP contribution in [0, 0.1) is 0 Å². The van der Waals surface area contributed by atoms with Gasteiger partial charge in [0.2, 0.25) is 5.13 Å². The van der Waals surface area contributed by atoms with Gasteiger partial charge in [-0.15, -0.1) is 0 Å². The molecule has 0 amide bonds. The highest BCUT2D eigenvalue weighted by atomic mass is 35.5. The van der Waals surface area contributed by atoms with Crippen molar-refractivity contribution in [2.75, 3.05) is 7.11 Å². The van der Waals surface area contributed by atoms with Gasteiger partial charge in [-0.05, 0) is 41.5 Å². The van der Waals surface area contributed by atoms with Crippen molar-refractivity contribution < 1.29 is 4.74 Å². The molecular formula is C18H13ClN2OS. The van der Waals surface area contributed by atoms with E-state index in [0.717, 1.165) is 28.6 Å². The number of thiazole rings is 1. The molecule has 3 nitrogen and oxygen atoms in total. The normalized spacial score (nSPS) is 12.4. The molecule has 2 aromatic carbocycles. The van der Waals surface area contributed by atoms with E-state index in [1.807, 2.05) is 30.3 Å². The van der Waals surface area contributed by atoms with Crippen molar-refractivity contribution in [1.29, 1.82) is 0 Å². The minimum atomic E-state index is 0.707. The maximum atomic E-state index is 5.98. The van der Waals surface area contributed by atoms with Gasteiger partial charge in [0.15, 0.2) is 0 Å². The van der Waals surface area contributed by atoms with Crippen LogP contribution in [0.1, 0.15) is 16.0 Å². The number of aliphatic imine (C=N–C) groups is 1. The van der Waals surface area contributed by atoms with E-state index in [1.165, 1.54) is 16.0 Å². The molecule has 1 heterocycles. The second-order valence-electron chi connectivity index (χ2n) is 5.28. The summed E-state index contributed by atoms with van der Waals surface area (Å²) in [6.45, 7) is 0. The van der Waals surface area contributed by atoms with E-state index in [1.54, 1.807) is 24.7 Å². The third-order valence-corrected chi connectivity index (χ3v) is 4.98. The number of hydrogen-bond donors (Lipinski definition) is 0. The Balaban J connectivity index is 1.63. The van der Waals surface area contributed by atoms with E-state index in [0.29, 0.717) is 5.02 Å². The van der Waals surface area contributed by atoms with Gasteiger partial charge in [0.05, 0.1) is 12.8 Å². The molecule has 0 fully saturated rings. The molecule has 0 aliphatic heterocycles. The molecule has 1 aromatic heterocycles. The summed E-state index contributed by atoms with van der Waals surface area (Å²) >= 11 is 7.62. The number of ether oxygens (including phenoxy) is 1. The lowest BCUT2D eigenvalue weighted by molar-refractivity contribution is 0.414. The first-order chi connectivity index (χ1) is 11.2. The number of halogens is 1. The van der Waals surface area contributed by atoms with Crippen LogP contribution in [0.5, 0.6) is 5.75 Å². The summed E-state index contributed by atoms with van der Waals surface area (Å²) in [6, 6.07) is 13.7. The molecule has 5 heteroatoms. The highest BCUT2D eigenvalue weighted by Gasteiger charge is 2.23. The Kier molecular flexibility index (Phi) is 3.63. The molecule has 0 N–H and O–H groups in total. The molecule has 3 aromatic rings. The summed E-state index contributed by atoms with van der Waals surface area (Å²) in [5, 5.41) is 1.48. The quantitative estimate of drug-likeness (QED) is 0.485. The van der Waals surface area contributed by atoms with E-state index in [4.69, 9.17) is 16.3 Å². The van der Waals surface area contributed by atoms with Crippen molar-refractivity contribution >= 4 is 34.3 Å². The second kappa shape index (κ2) is 5.80. The van der Waals surface area contributed by atoms with Crippen LogP contribution in [0.25, 0.3) is 11.3 Å². The molecule has 0 spiro atoms. The first kappa shape index (κ1) is 14.4. The predicted octanol–water partition coefficient (Wildman–Crippen LogP) is 5.13. The SMILES string of the molecule is COc1ccc2c(c1)Cc1sc(N=Cc3cccc(Cl)c3)nc1-2. The lowest BCUT2D eigenvalue weighted by Gasteiger charge is -2.03. The Morgan fingerprint density at radius 2 is 2.17 bits per heavy atom. The molecule has 0 radical (unpaired) electrons. The molecule has 0 atom stereocenters. The Morgan fingerprint density at radius 3 is 3.00 bits per heavy atom. The first-order valence-electron chi connectivity index (χ1n) is 7.19. The number of rotatable bonds is 3. The van der Waals surface area contributed by atoms with Crippen molar-refractivity contribution in [3.05, 3.63) is 63.5 Å². The van der Waals surface area contributed by atoms with E-state index < -0.39 is 0 Å². The molecule has 0 saturated heterocycles. The number of aromatic nitrogens is 1. The van der Waals surface area contributed by atoms with Crippen molar-refractivity contribution in [3.63, 3.8) is 0 Å². The number of hydrogen-bond acceptors (Lipinski definition) is 4. The average Bonchev–Trinajstić information content (AvgIpc) is 3.09. The lowest BCUT2D eigenvalue weighted by atomic mass is 10.1. The van der Waals surface area contributed by atoms with Gasteiger partial charge in [-0.2, -0.15) is 0 Å². The first-order valence-corrected chi connectivity index (χ1v) is 8.39. The third-order valence-electron chi connectivity index (χ3n) is 3.78. The van der Waals surface area contributed by atoms with Gasteiger partial charge in [-0.1, -0.05) is 35.1 Å². The summed E-state index contributed by atoms with van der Waals surface area (Å²) in [5.74, 6) is 0.887. The van der Waals surface area contributed by atoms with Crippen LogP contribution in [-0.2, 0) is 6.42 Å². The molecule has 0 saturated carbocycles. The topological polar surface area (TPSA) is 34.5 Å². The smallest absolute Gasteiger partial charge is 0.209 e. The number of benzene rings is 2. The third kappa shape index (κ3) is 2.76. The van der Waals surface area contributed by atoms with Crippen LogP contribution in [0.3, 0.4) is 0 Å². The maximum absolute atomic E-state index is 5.98. The average molecular weight is 341 g/mol. The lowest BCUT2D eigenvalue weighted by Crippen LogP contribution is -1.86. The predicted molar refractivity (Wildman–Crippen MR) is 95.6 cm³/mol. The number of fused-ring (bicyclic) bond motifs is 3. The molecule has 0 bridgehead atoms. The standard InChI is InChI=1S/C18H13ClN2OS/c1-22-14-5-6-15-12(8-14)9-16-17(15)21-18(23-16)20-10-11-3-2-4-13(19)7-11/h2-8,10H,9H2,1H3.